The van der Waals surface area contributed by atoms with E-state index in [0.717, 1.165) is 31.0 Å². The molecule has 9 nitrogen and oxygen atoms in total. The van der Waals surface area contributed by atoms with Gasteiger partial charge in [-0.05, 0) is 24.3 Å². The first-order valence-electron chi connectivity index (χ1n) is 11.0. The van der Waals surface area contributed by atoms with Gasteiger partial charge in [-0.1, -0.05) is 6.07 Å². The molecule has 0 N–H and O–H groups in total. The van der Waals surface area contributed by atoms with Gasteiger partial charge in [0.2, 0.25) is 5.91 Å². The Kier molecular flexibility index (Phi) is 5.81. The van der Waals surface area contributed by atoms with Crippen LogP contribution < -0.4 is 14.4 Å². The number of anilines is 1. The number of benzene rings is 1. The molecule has 3 aliphatic heterocycles. The molecule has 0 atom stereocenters. The van der Waals surface area contributed by atoms with Gasteiger partial charge in [0.25, 0.3) is 0 Å². The summed E-state index contributed by atoms with van der Waals surface area (Å²) in [4.78, 5) is 37.6. The van der Waals surface area contributed by atoms with Gasteiger partial charge in [-0.2, -0.15) is 0 Å². The number of rotatable bonds is 5. The van der Waals surface area contributed by atoms with Crippen LogP contribution in [0.15, 0.2) is 42.6 Å². The first-order valence-corrected chi connectivity index (χ1v) is 11.0. The third kappa shape index (κ3) is 4.34. The molecule has 1 aromatic carbocycles. The maximum atomic E-state index is 12.9. The molecule has 0 spiro atoms. The average Bonchev–Trinajstić information content (AvgIpc) is 3.19. The van der Waals surface area contributed by atoms with Crippen LogP contribution in [0, 0.1) is 0 Å². The lowest BCUT2D eigenvalue weighted by atomic mass is 10.2. The predicted molar refractivity (Wildman–Crippen MR) is 118 cm³/mol. The van der Waals surface area contributed by atoms with E-state index >= 15 is 0 Å². The Morgan fingerprint density at radius 2 is 1.75 bits per heavy atom. The Balaban J connectivity index is 1.13. The molecule has 2 fully saturated rings. The number of carbonyl (C=O) groups is 2. The van der Waals surface area contributed by atoms with Crippen LogP contribution in [0.1, 0.15) is 5.69 Å². The molecule has 0 aliphatic carbocycles. The lowest BCUT2D eigenvalue weighted by Gasteiger charge is -2.35. The average molecular weight is 438 g/mol. The summed E-state index contributed by atoms with van der Waals surface area (Å²) in [6, 6.07) is 11.3. The summed E-state index contributed by atoms with van der Waals surface area (Å²) >= 11 is 0. The molecule has 0 radical (unpaired) electrons. The molecule has 1 aromatic heterocycles. The van der Waals surface area contributed by atoms with E-state index in [1.165, 1.54) is 0 Å². The van der Waals surface area contributed by atoms with Gasteiger partial charge in [-0.15, -0.1) is 0 Å². The highest BCUT2D eigenvalue weighted by molar-refractivity contribution is 5.96. The molecular weight excluding hydrogens is 410 g/mol. The molecule has 3 aliphatic rings. The monoisotopic (exact) mass is 437 g/mol. The second kappa shape index (κ2) is 9.04. The fraction of sp³-hybridized carbons (Fsp3) is 0.435. The number of hydrogen-bond donors (Lipinski definition) is 0. The first-order chi connectivity index (χ1) is 15.7. The largest absolute Gasteiger partial charge is 0.486 e. The number of urea groups is 1. The zero-order chi connectivity index (χ0) is 21.9. The summed E-state index contributed by atoms with van der Waals surface area (Å²) in [6.45, 7) is 5.95. The molecule has 0 bridgehead atoms. The molecule has 5 rings (SSSR count). The zero-order valence-electron chi connectivity index (χ0n) is 18.0. The maximum absolute atomic E-state index is 12.9. The Morgan fingerprint density at radius 1 is 0.938 bits per heavy atom. The minimum Gasteiger partial charge on any atom is -0.486 e. The number of aromatic nitrogens is 1. The number of amides is 3. The Morgan fingerprint density at radius 3 is 2.53 bits per heavy atom. The van der Waals surface area contributed by atoms with Crippen LogP contribution in [-0.4, -0.2) is 90.6 Å². The molecule has 168 valence electrons. The van der Waals surface area contributed by atoms with E-state index in [0.29, 0.717) is 50.9 Å². The van der Waals surface area contributed by atoms with Crippen molar-refractivity contribution in [3.63, 3.8) is 0 Å². The molecule has 2 saturated heterocycles. The van der Waals surface area contributed by atoms with E-state index in [4.69, 9.17) is 9.47 Å². The molecule has 4 heterocycles. The van der Waals surface area contributed by atoms with Crippen LogP contribution in [0.4, 0.5) is 10.5 Å². The fourth-order valence-electron chi connectivity index (χ4n) is 4.31. The van der Waals surface area contributed by atoms with E-state index < -0.39 is 0 Å². The van der Waals surface area contributed by atoms with Crippen LogP contribution >= 0.6 is 0 Å². The minimum absolute atomic E-state index is 0.000129. The fourth-order valence-corrected chi connectivity index (χ4v) is 4.31. The molecule has 32 heavy (non-hydrogen) atoms. The van der Waals surface area contributed by atoms with Crippen LogP contribution in [0.5, 0.6) is 11.5 Å². The Labute approximate surface area is 187 Å². The topological polar surface area (TPSA) is 78.5 Å². The van der Waals surface area contributed by atoms with Crippen molar-refractivity contribution in [3.8, 4) is 11.5 Å². The van der Waals surface area contributed by atoms with Crippen molar-refractivity contribution in [3.05, 3.63) is 48.3 Å². The van der Waals surface area contributed by atoms with Gasteiger partial charge in [-0.25, -0.2) is 4.79 Å². The normalized spacial score (nSPS) is 18.9. The number of ether oxygens (including phenoxy) is 2. The van der Waals surface area contributed by atoms with Crippen LogP contribution in [0.2, 0.25) is 0 Å². The van der Waals surface area contributed by atoms with E-state index in [1.807, 2.05) is 41.3 Å². The van der Waals surface area contributed by atoms with E-state index in [-0.39, 0.29) is 18.5 Å². The number of hydrogen-bond acceptors (Lipinski definition) is 6. The van der Waals surface area contributed by atoms with Crippen molar-refractivity contribution in [1.82, 2.24) is 19.7 Å². The maximum Gasteiger partial charge on any atom is 0.325 e. The Hall–Kier alpha value is -3.33. The van der Waals surface area contributed by atoms with Gasteiger partial charge < -0.3 is 19.3 Å². The quantitative estimate of drug-likeness (QED) is 0.705. The standard InChI is InChI=1S/C23H27N5O4/c29-22(26-9-7-25(8-10-26)16-18-3-1-2-6-24-18)17-27-11-12-28(23(27)30)19-4-5-20-21(15-19)32-14-13-31-20/h1-6,15H,7-14,16-17H2. The SMILES string of the molecule is O=C(CN1CCN(c2ccc3c(c2)OCCO3)C1=O)N1CCN(Cc2ccccn2)CC1. The lowest BCUT2D eigenvalue weighted by molar-refractivity contribution is -0.133. The minimum atomic E-state index is -0.149. The van der Waals surface area contributed by atoms with Gasteiger partial charge in [0.1, 0.15) is 19.8 Å². The van der Waals surface area contributed by atoms with E-state index in [1.54, 1.807) is 16.0 Å². The third-order valence-corrected chi connectivity index (χ3v) is 6.10. The zero-order valence-corrected chi connectivity index (χ0v) is 18.0. The van der Waals surface area contributed by atoms with Gasteiger partial charge in [-0.3, -0.25) is 19.6 Å². The summed E-state index contributed by atoms with van der Waals surface area (Å²) < 4.78 is 11.2. The van der Waals surface area contributed by atoms with Gasteiger partial charge in [0.05, 0.1) is 5.69 Å². The molecule has 9 heteroatoms. The molecule has 3 amide bonds. The number of pyridine rings is 1. The highest BCUT2D eigenvalue weighted by atomic mass is 16.6. The second-order valence-electron chi connectivity index (χ2n) is 8.16. The van der Waals surface area contributed by atoms with Crippen molar-refractivity contribution in [2.75, 3.05) is 63.9 Å². The summed E-state index contributed by atoms with van der Waals surface area (Å²) in [5, 5.41) is 0. The van der Waals surface area contributed by atoms with Crippen molar-refractivity contribution in [2.24, 2.45) is 0 Å². The molecule has 0 unspecified atom stereocenters. The Bertz CT molecular complexity index is 978. The number of fused-ring (bicyclic) bond motifs is 1. The highest BCUT2D eigenvalue weighted by Gasteiger charge is 2.33. The van der Waals surface area contributed by atoms with E-state index in [9.17, 15) is 9.59 Å². The van der Waals surface area contributed by atoms with Crippen LogP contribution in [0.25, 0.3) is 0 Å². The lowest BCUT2D eigenvalue weighted by Crippen LogP contribution is -2.51. The highest BCUT2D eigenvalue weighted by Crippen LogP contribution is 2.35. The molecule has 0 saturated carbocycles. The van der Waals surface area contributed by atoms with Crippen LogP contribution in [0.3, 0.4) is 0 Å². The number of nitrogens with zero attached hydrogens (tertiary/aromatic N) is 5. The van der Waals surface area contributed by atoms with Crippen molar-refractivity contribution in [1.29, 1.82) is 0 Å². The first kappa shape index (κ1) is 20.6. The number of carbonyl (C=O) groups excluding carboxylic acids is 2. The second-order valence-corrected chi connectivity index (χ2v) is 8.16. The molecule has 2 aromatic rings. The van der Waals surface area contributed by atoms with Gasteiger partial charge in [0, 0.05) is 63.8 Å². The van der Waals surface area contributed by atoms with Crippen molar-refractivity contribution in [2.45, 2.75) is 6.54 Å². The summed E-state index contributed by atoms with van der Waals surface area (Å²) in [6.07, 6.45) is 1.80. The van der Waals surface area contributed by atoms with Gasteiger partial charge in [0.15, 0.2) is 11.5 Å². The molecular formula is C23H27N5O4. The van der Waals surface area contributed by atoms with Crippen molar-refractivity contribution < 1.29 is 19.1 Å². The smallest absolute Gasteiger partial charge is 0.325 e. The third-order valence-electron chi connectivity index (χ3n) is 6.10. The van der Waals surface area contributed by atoms with Gasteiger partial charge >= 0.3 is 6.03 Å². The summed E-state index contributed by atoms with van der Waals surface area (Å²) in [5.41, 5.74) is 1.80. The predicted octanol–water partition coefficient (Wildman–Crippen LogP) is 1.44. The summed E-state index contributed by atoms with van der Waals surface area (Å²) in [5.74, 6) is 1.35. The van der Waals surface area contributed by atoms with E-state index in [2.05, 4.69) is 9.88 Å². The summed E-state index contributed by atoms with van der Waals surface area (Å²) in [7, 11) is 0. The van der Waals surface area contributed by atoms with Crippen LogP contribution in [-0.2, 0) is 11.3 Å². The van der Waals surface area contributed by atoms with Crippen molar-refractivity contribution >= 4 is 17.6 Å². The number of piperazine rings is 1.